The molecule has 2 heterocycles. The first-order valence-corrected chi connectivity index (χ1v) is 10.6. The molecule has 1 aromatic heterocycles. The van der Waals surface area contributed by atoms with E-state index in [4.69, 9.17) is 4.52 Å². The molecule has 6 heteroatoms. The molecule has 156 valence electrons. The van der Waals surface area contributed by atoms with Crippen LogP contribution >= 0.6 is 0 Å². The van der Waals surface area contributed by atoms with E-state index in [2.05, 4.69) is 22.4 Å². The van der Waals surface area contributed by atoms with E-state index in [1.807, 2.05) is 61.2 Å². The third-order valence-electron chi connectivity index (χ3n) is 5.82. The van der Waals surface area contributed by atoms with Gasteiger partial charge in [-0.15, -0.1) is 0 Å². The zero-order chi connectivity index (χ0) is 21.1. The zero-order valence-corrected chi connectivity index (χ0v) is 17.8. The van der Waals surface area contributed by atoms with Gasteiger partial charge in [0.25, 0.3) is 5.91 Å². The standard InChI is InChI=1S/C24H28N4O2/c1-16-8-4-5-10-20(16)23-26-22(30-27-23)15-25-21-12-11-19(14-17(21)2)24(29)28-13-7-6-9-18(28)3/h4-5,8,10-12,14,18,25H,6-7,9,13,15H2,1-3H3/t18-/m1/s1. The Kier molecular flexibility index (Phi) is 5.84. The van der Waals surface area contributed by atoms with E-state index in [0.717, 1.165) is 47.3 Å². The second-order valence-corrected chi connectivity index (χ2v) is 8.05. The minimum atomic E-state index is 0.122. The van der Waals surface area contributed by atoms with Crippen LogP contribution in [0.2, 0.25) is 0 Å². The van der Waals surface area contributed by atoms with Gasteiger partial charge < -0.3 is 14.7 Å². The second kappa shape index (κ2) is 8.69. The summed E-state index contributed by atoms with van der Waals surface area (Å²) in [7, 11) is 0. The smallest absolute Gasteiger partial charge is 0.254 e. The van der Waals surface area contributed by atoms with Crippen molar-refractivity contribution < 1.29 is 9.32 Å². The van der Waals surface area contributed by atoms with E-state index in [-0.39, 0.29) is 5.91 Å². The number of nitrogens with one attached hydrogen (secondary N) is 1. The highest BCUT2D eigenvalue weighted by Gasteiger charge is 2.24. The third-order valence-corrected chi connectivity index (χ3v) is 5.82. The van der Waals surface area contributed by atoms with Gasteiger partial charge in [-0.3, -0.25) is 4.79 Å². The van der Waals surface area contributed by atoms with E-state index in [0.29, 0.717) is 24.3 Å². The summed E-state index contributed by atoms with van der Waals surface area (Å²) < 4.78 is 5.40. The first-order valence-electron chi connectivity index (χ1n) is 10.6. The number of rotatable bonds is 5. The Morgan fingerprint density at radius 3 is 2.77 bits per heavy atom. The number of aromatic nitrogens is 2. The van der Waals surface area contributed by atoms with Crippen molar-refractivity contribution in [2.45, 2.75) is 52.6 Å². The van der Waals surface area contributed by atoms with Crippen LogP contribution in [0.4, 0.5) is 5.69 Å². The van der Waals surface area contributed by atoms with Gasteiger partial charge in [0.1, 0.15) is 0 Å². The Morgan fingerprint density at radius 1 is 1.17 bits per heavy atom. The van der Waals surface area contributed by atoms with Gasteiger partial charge in [-0.1, -0.05) is 29.4 Å². The molecule has 1 aliphatic rings. The topological polar surface area (TPSA) is 71.3 Å². The van der Waals surface area contributed by atoms with Gasteiger partial charge in [-0.05, 0) is 69.4 Å². The minimum Gasteiger partial charge on any atom is -0.376 e. The largest absolute Gasteiger partial charge is 0.376 e. The van der Waals surface area contributed by atoms with Crippen molar-refractivity contribution in [3.8, 4) is 11.4 Å². The van der Waals surface area contributed by atoms with Crippen molar-refractivity contribution in [1.82, 2.24) is 15.0 Å². The minimum absolute atomic E-state index is 0.122. The van der Waals surface area contributed by atoms with E-state index in [1.165, 1.54) is 6.42 Å². The molecule has 1 saturated heterocycles. The summed E-state index contributed by atoms with van der Waals surface area (Å²) in [6.45, 7) is 7.44. The van der Waals surface area contributed by atoms with Crippen LogP contribution < -0.4 is 5.32 Å². The van der Waals surface area contributed by atoms with Gasteiger partial charge in [-0.25, -0.2) is 0 Å². The third kappa shape index (κ3) is 4.22. The highest BCUT2D eigenvalue weighted by atomic mass is 16.5. The number of nitrogens with zero attached hydrogens (tertiary/aromatic N) is 3. The van der Waals surface area contributed by atoms with E-state index >= 15 is 0 Å². The fraction of sp³-hybridized carbons (Fsp3) is 0.375. The summed E-state index contributed by atoms with van der Waals surface area (Å²) >= 11 is 0. The van der Waals surface area contributed by atoms with Crippen LogP contribution in [-0.2, 0) is 6.54 Å². The first-order chi connectivity index (χ1) is 14.5. The molecule has 6 nitrogen and oxygen atoms in total. The number of benzene rings is 2. The number of hydrogen-bond acceptors (Lipinski definition) is 5. The molecule has 0 unspecified atom stereocenters. The lowest BCUT2D eigenvalue weighted by molar-refractivity contribution is 0.0635. The molecule has 0 radical (unpaired) electrons. The molecule has 1 fully saturated rings. The first kappa shape index (κ1) is 20.1. The number of carbonyl (C=O) groups excluding carboxylic acids is 1. The SMILES string of the molecule is Cc1cc(C(=O)N2CCCC[C@H]2C)ccc1NCc1nc(-c2ccccc2C)no1. The van der Waals surface area contributed by atoms with Gasteiger partial charge in [0.15, 0.2) is 0 Å². The number of hydrogen-bond donors (Lipinski definition) is 1. The number of aryl methyl sites for hydroxylation is 2. The van der Waals surface area contributed by atoms with Crippen molar-refractivity contribution in [1.29, 1.82) is 0 Å². The molecule has 4 rings (SSSR count). The van der Waals surface area contributed by atoms with E-state index in [9.17, 15) is 4.79 Å². The summed E-state index contributed by atoms with van der Waals surface area (Å²) in [6.07, 6.45) is 3.37. The quantitative estimate of drug-likeness (QED) is 0.649. The van der Waals surface area contributed by atoms with Crippen LogP contribution in [0, 0.1) is 13.8 Å². The summed E-state index contributed by atoms with van der Waals surface area (Å²) in [5.74, 6) is 1.24. The average Bonchev–Trinajstić information content (AvgIpc) is 3.22. The lowest BCUT2D eigenvalue weighted by Gasteiger charge is -2.33. The van der Waals surface area contributed by atoms with Crippen LogP contribution in [0.1, 0.15) is 53.6 Å². The Morgan fingerprint density at radius 2 is 2.00 bits per heavy atom. The maximum atomic E-state index is 12.9. The lowest BCUT2D eigenvalue weighted by Crippen LogP contribution is -2.42. The van der Waals surface area contributed by atoms with Gasteiger partial charge >= 0.3 is 0 Å². The van der Waals surface area contributed by atoms with Gasteiger partial charge in [0, 0.05) is 29.4 Å². The van der Waals surface area contributed by atoms with Crippen LogP contribution in [0.5, 0.6) is 0 Å². The maximum absolute atomic E-state index is 12.9. The Bertz CT molecular complexity index is 1040. The number of carbonyl (C=O) groups is 1. The van der Waals surface area contributed by atoms with E-state index < -0.39 is 0 Å². The monoisotopic (exact) mass is 404 g/mol. The Balaban J connectivity index is 1.42. The fourth-order valence-corrected chi connectivity index (χ4v) is 3.99. The molecule has 0 spiro atoms. The maximum Gasteiger partial charge on any atom is 0.254 e. The normalized spacial score (nSPS) is 16.5. The van der Waals surface area contributed by atoms with Crippen molar-refractivity contribution in [3.63, 3.8) is 0 Å². The molecule has 1 N–H and O–H groups in total. The number of piperidine rings is 1. The molecule has 1 amide bonds. The molecule has 1 aliphatic heterocycles. The van der Waals surface area contributed by atoms with Gasteiger partial charge in [0.2, 0.25) is 11.7 Å². The molecule has 0 saturated carbocycles. The van der Waals surface area contributed by atoms with Crippen molar-refractivity contribution in [2.75, 3.05) is 11.9 Å². The predicted molar refractivity (Wildman–Crippen MR) is 117 cm³/mol. The second-order valence-electron chi connectivity index (χ2n) is 8.05. The summed E-state index contributed by atoms with van der Waals surface area (Å²) in [5.41, 5.74) is 4.79. The molecular weight excluding hydrogens is 376 g/mol. The molecule has 3 aromatic rings. The van der Waals surface area contributed by atoms with Gasteiger partial charge in [0.05, 0.1) is 6.54 Å². The van der Waals surface area contributed by atoms with Crippen LogP contribution in [-0.4, -0.2) is 33.5 Å². The lowest BCUT2D eigenvalue weighted by atomic mass is 10.0. The number of amides is 1. The molecule has 0 bridgehead atoms. The van der Waals surface area contributed by atoms with Crippen molar-refractivity contribution >= 4 is 11.6 Å². The van der Waals surface area contributed by atoms with Crippen molar-refractivity contribution in [3.05, 3.63) is 65.0 Å². The predicted octanol–water partition coefficient (Wildman–Crippen LogP) is 4.98. The summed E-state index contributed by atoms with van der Waals surface area (Å²) in [6, 6.07) is 14.1. The molecule has 30 heavy (non-hydrogen) atoms. The average molecular weight is 405 g/mol. The number of likely N-dealkylation sites (tertiary alicyclic amines) is 1. The number of anilines is 1. The Labute approximate surface area is 177 Å². The van der Waals surface area contributed by atoms with Crippen molar-refractivity contribution in [2.24, 2.45) is 0 Å². The highest BCUT2D eigenvalue weighted by molar-refractivity contribution is 5.95. The molecular formula is C24H28N4O2. The molecule has 2 aromatic carbocycles. The summed E-state index contributed by atoms with van der Waals surface area (Å²) in [5, 5.41) is 7.44. The van der Waals surface area contributed by atoms with Crippen LogP contribution in [0.25, 0.3) is 11.4 Å². The molecule has 0 aliphatic carbocycles. The van der Waals surface area contributed by atoms with Gasteiger partial charge in [-0.2, -0.15) is 4.98 Å². The van der Waals surface area contributed by atoms with Crippen LogP contribution in [0.15, 0.2) is 47.0 Å². The zero-order valence-electron chi connectivity index (χ0n) is 17.8. The summed E-state index contributed by atoms with van der Waals surface area (Å²) in [4.78, 5) is 19.4. The highest BCUT2D eigenvalue weighted by Crippen LogP contribution is 2.23. The fourth-order valence-electron chi connectivity index (χ4n) is 3.99. The van der Waals surface area contributed by atoms with Crippen LogP contribution in [0.3, 0.4) is 0 Å². The molecule has 1 atom stereocenters. The Hall–Kier alpha value is -3.15. The van der Waals surface area contributed by atoms with E-state index in [1.54, 1.807) is 0 Å².